The first-order chi connectivity index (χ1) is 10.1. The highest BCUT2D eigenvalue weighted by molar-refractivity contribution is 7.21. The van der Waals surface area contributed by atoms with E-state index in [4.69, 9.17) is 16.3 Å². The third-order valence-electron chi connectivity index (χ3n) is 3.09. The van der Waals surface area contributed by atoms with E-state index < -0.39 is 5.97 Å². The number of carbonyl (C=O) groups is 1. The summed E-state index contributed by atoms with van der Waals surface area (Å²) in [5, 5.41) is 10.6. The van der Waals surface area contributed by atoms with Crippen molar-refractivity contribution in [3.05, 3.63) is 46.4 Å². The quantitative estimate of drug-likeness (QED) is 0.781. The fourth-order valence-corrected chi connectivity index (χ4v) is 3.30. The molecule has 6 heteroatoms. The van der Waals surface area contributed by atoms with Gasteiger partial charge in [-0.3, -0.25) is 0 Å². The summed E-state index contributed by atoms with van der Waals surface area (Å²) in [6.45, 7) is 0. The van der Waals surface area contributed by atoms with Gasteiger partial charge in [0.2, 0.25) is 0 Å². The van der Waals surface area contributed by atoms with Crippen molar-refractivity contribution in [2.45, 2.75) is 0 Å². The number of nitrogens with zero attached hydrogens (tertiary/aromatic N) is 1. The van der Waals surface area contributed by atoms with Crippen LogP contribution in [0.5, 0.6) is 5.75 Å². The molecule has 0 aliphatic heterocycles. The van der Waals surface area contributed by atoms with Gasteiger partial charge in [0.05, 0.1) is 12.1 Å². The average molecular weight is 320 g/mol. The molecular weight excluding hydrogens is 310 g/mol. The third-order valence-corrected chi connectivity index (χ3v) is 4.39. The Balaban J connectivity index is 2.29. The van der Waals surface area contributed by atoms with Gasteiger partial charge in [-0.15, -0.1) is 11.3 Å². The van der Waals surface area contributed by atoms with Crippen molar-refractivity contribution in [2.24, 2.45) is 0 Å². The summed E-state index contributed by atoms with van der Waals surface area (Å²) < 4.78 is 5.12. The van der Waals surface area contributed by atoms with Crippen LogP contribution < -0.4 is 4.74 Å². The second-order valence-corrected chi connectivity index (χ2v) is 5.78. The minimum absolute atomic E-state index is 0.255. The molecule has 2 heterocycles. The number of benzene rings is 1. The van der Waals surface area contributed by atoms with Crippen LogP contribution in [-0.2, 0) is 0 Å². The summed E-state index contributed by atoms with van der Waals surface area (Å²) in [5.41, 5.74) is 1.43. The molecule has 1 aromatic carbocycles. The molecule has 21 heavy (non-hydrogen) atoms. The van der Waals surface area contributed by atoms with Gasteiger partial charge in [0.15, 0.2) is 0 Å². The number of pyridine rings is 1. The highest BCUT2D eigenvalue weighted by atomic mass is 35.5. The summed E-state index contributed by atoms with van der Waals surface area (Å²) in [5.74, 6) is -0.258. The molecule has 0 saturated carbocycles. The highest BCUT2D eigenvalue weighted by Crippen LogP contribution is 2.39. The molecule has 2 aromatic heterocycles. The van der Waals surface area contributed by atoms with Gasteiger partial charge in [-0.25, -0.2) is 9.78 Å². The van der Waals surface area contributed by atoms with Crippen LogP contribution in [0.3, 0.4) is 0 Å². The molecule has 0 atom stereocenters. The number of halogens is 1. The molecule has 0 saturated heterocycles. The fourth-order valence-electron chi connectivity index (χ4n) is 2.15. The summed E-state index contributed by atoms with van der Waals surface area (Å²) in [6, 6.07) is 8.98. The van der Waals surface area contributed by atoms with E-state index in [2.05, 4.69) is 4.98 Å². The van der Waals surface area contributed by atoms with Crippen molar-refractivity contribution in [3.8, 4) is 16.9 Å². The van der Waals surface area contributed by atoms with E-state index in [0.29, 0.717) is 21.2 Å². The number of aromatic carboxylic acids is 1. The molecule has 0 amide bonds. The van der Waals surface area contributed by atoms with E-state index in [9.17, 15) is 9.90 Å². The topological polar surface area (TPSA) is 59.4 Å². The number of carboxylic acids is 1. The van der Waals surface area contributed by atoms with Gasteiger partial charge in [0.25, 0.3) is 0 Å². The molecule has 1 N–H and O–H groups in total. The number of rotatable bonds is 3. The normalized spacial score (nSPS) is 10.8. The lowest BCUT2D eigenvalue weighted by Gasteiger charge is -2.04. The SMILES string of the molecule is COc1ccc(-c2c(C(=O)O)sc3ncc(Cl)cc23)cc1. The smallest absolute Gasteiger partial charge is 0.346 e. The predicted octanol–water partition coefficient (Wildman–Crippen LogP) is 4.32. The molecule has 0 aliphatic carbocycles. The van der Waals surface area contributed by atoms with E-state index in [1.54, 1.807) is 25.3 Å². The molecule has 0 aliphatic rings. The van der Waals surface area contributed by atoms with Gasteiger partial charge in [-0.1, -0.05) is 23.7 Å². The molecule has 0 spiro atoms. The van der Waals surface area contributed by atoms with Crippen LogP contribution in [0.4, 0.5) is 0 Å². The van der Waals surface area contributed by atoms with Gasteiger partial charge in [0.1, 0.15) is 15.5 Å². The maximum Gasteiger partial charge on any atom is 0.346 e. The average Bonchev–Trinajstić information content (AvgIpc) is 2.86. The summed E-state index contributed by atoms with van der Waals surface area (Å²) in [4.78, 5) is 16.6. The van der Waals surface area contributed by atoms with Crippen molar-refractivity contribution in [2.75, 3.05) is 7.11 Å². The van der Waals surface area contributed by atoms with Gasteiger partial charge >= 0.3 is 5.97 Å². The summed E-state index contributed by atoms with van der Waals surface area (Å²) in [7, 11) is 1.58. The Labute approximate surface area is 129 Å². The number of ether oxygens (including phenoxy) is 1. The number of fused-ring (bicyclic) bond motifs is 1. The van der Waals surface area contributed by atoms with Crippen LogP contribution in [0.25, 0.3) is 21.3 Å². The number of thiophene rings is 1. The van der Waals surface area contributed by atoms with Gasteiger partial charge < -0.3 is 9.84 Å². The van der Waals surface area contributed by atoms with Crippen molar-refractivity contribution < 1.29 is 14.6 Å². The van der Waals surface area contributed by atoms with Crippen molar-refractivity contribution in [3.63, 3.8) is 0 Å². The van der Waals surface area contributed by atoms with E-state index in [0.717, 1.165) is 22.3 Å². The van der Waals surface area contributed by atoms with Gasteiger partial charge in [0, 0.05) is 17.1 Å². The van der Waals surface area contributed by atoms with Gasteiger partial charge in [-0.2, -0.15) is 0 Å². The lowest BCUT2D eigenvalue weighted by atomic mass is 10.0. The maximum atomic E-state index is 11.5. The molecule has 3 rings (SSSR count). The largest absolute Gasteiger partial charge is 0.497 e. The zero-order valence-corrected chi connectivity index (χ0v) is 12.5. The molecule has 3 aromatic rings. The lowest BCUT2D eigenvalue weighted by Crippen LogP contribution is -1.94. The summed E-state index contributed by atoms with van der Waals surface area (Å²) >= 11 is 7.13. The number of hydrogen-bond acceptors (Lipinski definition) is 4. The van der Waals surface area contributed by atoms with E-state index in [-0.39, 0.29) is 4.88 Å². The van der Waals surface area contributed by atoms with Crippen LogP contribution in [-0.4, -0.2) is 23.2 Å². The molecule has 0 fully saturated rings. The maximum absolute atomic E-state index is 11.5. The van der Waals surface area contributed by atoms with E-state index in [1.807, 2.05) is 12.1 Å². The first kappa shape index (κ1) is 13.9. The highest BCUT2D eigenvalue weighted by Gasteiger charge is 2.20. The monoisotopic (exact) mass is 319 g/mol. The second-order valence-electron chi connectivity index (χ2n) is 4.35. The van der Waals surface area contributed by atoms with Crippen molar-refractivity contribution in [1.29, 1.82) is 0 Å². The molecule has 0 radical (unpaired) electrons. The van der Waals surface area contributed by atoms with E-state index >= 15 is 0 Å². The number of methoxy groups -OCH3 is 1. The zero-order chi connectivity index (χ0) is 15.0. The number of carboxylic acid groups (broad SMARTS) is 1. The number of hydrogen-bond donors (Lipinski definition) is 1. The van der Waals surface area contributed by atoms with Crippen LogP contribution in [0, 0.1) is 0 Å². The Kier molecular flexibility index (Phi) is 3.53. The first-order valence-electron chi connectivity index (χ1n) is 6.06. The molecule has 0 unspecified atom stereocenters. The standard InChI is InChI=1S/C15H10ClNO3S/c1-20-10-4-2-8(3-5-10)12-11-6-9(16)7-17-14(11)21-13(12)15(18)19/h2-7H,1H3,(H,18,19). The summed E-state index contributed by atoms with van der Waals surface area (Å²) in [6.07, 6.45) is 1.52. The Hall–Kier alpha value is -2.11. The van der Waals surface area contributed by atoms with Crippen molar-refractivity contribution >= 4 is 39.1 Å². The number of aromatic nitrogens is 1. The minimum atomic E-state index is -0.972. The third kappa shape index (κ3) is 2.46. The Morgan fingerprint density at radius 1 is 1.33 bits per heavy atom. The van der Waals surface area contributed by atoms with E-state index in [1.165, 1.54) is 6.20 Å². The lowest BCUT2D eigenvalue weighted by molar-refractivity contribution is 0.0703. The first-order valence-corrected chi connectivity index (χ1v) is 7.25. The molecular formula is C15H10ClNO3S. The predicted molar refractivity (Wildman–Crippen MR) is 83.6 cm³/mol. The zero-order valence-electron chi connectivity index (χ0n) is 11.0. The Morgan fingerprint density at radius 2 is 2.05 bits per heavy atom. The molecule has 4 nitrogen and oxygen atoms in total. The van der Waals surface area contributed by atoms with Crippen LogP contribution in [0.15, 0.2) is 36.5 Å². The molecule has 106 valence electrons. The molecule has 0 bridgehead atoms. The van der Waals surface area contributed by atoms with Crippen molar-refractivity contribution in [1.82, 2.24) is 4.98 Å². The second kappa shape index (κ2) is 5.35. The minimum Gasteiger partial charge on any atom is -0.497 e. The Morgan fingerprint density at radius 3 is 2.67 bits per heavy atom. The van der Waals surface area contributed by atoms with Crippen LogP contribution in [0.2, 0.25) is 5.02 Å². The Bertz CT molecular complexity index is 827. The van der Waals surface area contributed by atoms with Crippen LogP contribution in [0.1, 0.15) is 9.67 Å². The fraction of sp³-hybridized carbons (Fsp3) is 0.0667. The van der Waals surface area contributed by atoms with Gasteiger partial charge in [-0.05, 0) is 23.8 Å². The van der Waals surface area contributed by atoms with Crippen LogP contribution >= 0.6 is 22.9 Å².